The van der Waals surface area contributed by atoms with E-state index in [1.807, 2.05) is 0 Å². The Morgan fingerprint density at radius 2 is 1.95 bits per heavy atom. The Balaban J connectivity index is 2.63. The summed E-state index contributed by atoms with van der Waals surface area (Å²) in [5, 5.41) is 0.473. The van der Waals surface area contributed by atoms with E-state index in [9.17, 15) is 0 Å². The summed E-state index contributed by atoms with van der Waals surface area (Å²) in [6, 6.07) is 3.46. The fourth-order valence-corrected chi connectivity index (χ4v) is 2.58. The molecular formula is C13H13BrCl4O2. The third-order valence-electron chi connectivity index (χ3n) is 2.23. The van der Waals surface area contributed by atoms with E-state index < -0.39 is 0 Å². The van der Waals surface area contributed by atoms with E-state index in [-0.39, 0.29) is 11.1 Å². The van der Waals surface area contributed by atoms with Crippen molar-refractivity contribution in [3.05, 3.63) is 32.2 Å². The second-order valence-corrected chi connectivity index (χ2v) is 6.41. The number of rotatable bonds is 8. The smallest absolute Gasteiger partial charge is 0.152 e. The lowest BCUT2D eigenvalue weighted by molar-refractivity contribution is 0.306. The minimum Gasteiger partial charge on any atom is -0.491 e. The molecule has 0 unspecified atom stereocenters. The Labute approximate surface area is 147 Å². The van der Waals surface area contributed by atoms with Crippen LogP contribution in [-0.4, -0.2) is 19.1 Å². The third-order valence-corrected chi connectivity index (χ3v) is 3.68. The summed E-state index contributed by atoms with van der Waals surface area (Å²) in [6.07, 6.45) is 3.33. The van der Waals surface area contributed by atoms with Gasteiger partial charge in [-0.05, 0) is 40.9 Å². The molecule has 0 radical (unpaired) electrons. The zero-order chi connectivity index (χ0) is 15.0. The first-order chi connectivity index (χ1) is 9.54. The van der Waals surface area contributed by atoms with Crippen molar-refractivity contribution in [1.29, 1.82) is 0 Å². The van der Waals surface area contributed by atoms with Crippen LogP contribution in [0.25, 0.3) is 0 Å². The molecule has 0 heterocycles. The highest BCUT2D eigenvalue weighted by molar-refractivity contribution is 9.10. The highest BCUT2D eigenvalue weighted by Gasteiger charge is 2.10. The average Bonchev–Trinajstić information content (AvgIpc) is 2.36. The van der Waals surface area contributed by atoms with E-state index in [1.54, 1.807) is 18.2 Å². The lowest BCUT2D eigenvalue weighted by Gasteiger charge is -2.12. The van der Waals surface area contributed by atoms with Crippen LogP contribution in [0.4, 0.5) is 0 Å². The van der Waals surface area contributed by atoms with Crippen LogP contribution in [0.1, 0.15) is 12.8 Å². The first-order valence-electron chi connectivity index (χ1n) is 5.86. The molecule has 0 bridgehead atoms. The van der Waals surface area contributed by atoms with Crippen LogP contribution < -0.4 is 9.47 Å². The molecule has 0 N–H and O–H groups in total. The van der Waals surface area contributed by atoms with Crippen LogP contribution in [0.5, 0.6) is 11.5 Å². The fraction of sp³-hybridized carbons (Fsp3) is 0.385. The van der Waals surface area contributed by atoms with E-state index in [0.717, 1.165) is 17.3 Å². The van der Waals surface area contributed by atoms with Crippen molar-refractivity contribution >= 4 is 62.3 Å². The number of hydrogen-bond donors (Lipinski definition) is 0. The molecule has 7 heteroatoms. The zero-order valence-electron chi connectivity index (χ0n) is 10.5. The molecule has 20 heavy (non-hydrogen) atoms. The number of hydrogen-bond acceptors (Lipinski definition) is 2. The molecule has 0 saturated carbocycles. The topological polar surface area (TPSA) is 18.5 Å². The second-order valence-electron chi connectivity index (χ2n) is 3.77. The van der Waals surface area contributed by atoms with Crippen molar-refractivity contribution in [2.24, 2.45) is 0 Å². The molecule has 0 atom stereocenters. The monoisotopic (exact) mass is 420 g/mol. The van der Waals surface area contributed by atoms with Crippen LogP contribution in [0, 0.1) is 0 Å². The van der Waals surface area contributed by atoms with Crippen LogP contribution in [-0.2, 0) is 0 Å². The Kier molecular flexibility index (Phi) is 9.14. The van der Waals surface area contributed by atoms with Crippen LogP contribution in [0.3, 0.4) is 0 Å². The van der Waals surface area contributed by atoms with E-state index >= 15 is 0 Å². The third kappa shape index (κ3) is 6.77. The molecule has 1 aromatic carbocycles. The number of benzene rings is 1. The predicted octanol–water partition coefficient (Wildman–Crippen LogP) is 6.20. The Morgan fingerprint density at radius 1 is 1.20 bits per heavy atom. The van der Waals surface area contributed by atoms with Crippen molar-refractivity contribution in [2.75, 3.05) is 19.1 Å². The summed E-state index contributed by atoms with van der Waals surface area (Å²) in [4.78, 5) is 0. The van der Waals surface area contributed by atoms with Crippen LogP contribution in [0.2, 0.25) is 5.02 Å². The fourth-order valence-electron chi connectivity index (χ4n) is 1.33. The van der Waals surface area contributed by atoms with E-state index in [4.69, 9.17) is 55.9 Å². The largest absolute Gasteiger partial charge is 0.491 e. The van der Waals surface area contributed by atoms with Gasteiger partial charge in [0, 0.05) is 11.9 Å². The lowest BCUT2D eigenvalue weighted by atomic mass is 10.3. The molecule has 2 nitrogen and oxygen atoms in total. The van der Waals surface area contributed by atoms with Gasteiger partial charge in [-0.3, -0.25) is 0 Å². The average molecular weight is 423 g/mol. The molecule has 0 aliphatic rings. The molecule has 0 saturated heterocycles. The maximum Gasteiger partial charge on any atom is 0.152 e. The van der Waals surface area contributed by atoms with Gasteiger partial charge in [0.05, 0.1) is 16.1 Å². The van der Waals surface area contributed by atoms with Crippen molar-refractivity contribution < 1.29 is 9.47 Å². The molecule has 0 aliphatic carbocycles. The molecule has 112 valence electrons. The van der Waals surface area contributed by atoms with E-state index in [2.05, 4.69) is 15.9 Å². The summed E-state index contributed by atoms with van der Waals surface area (Å²) in [5.41, 5.74) is 0. The summed E-state index contributed by atoms with van der Waals surface area (Å²) in [7, 11) is 0. The molecule has 0 spiro atoms. The molecule has 0 fully saturated rings. The first-order valence-corrected chi connectivity index (χ1v) is 8.32. The van der Waals surface area contributed by atoms with Gasteiger partial charge in [0.2, 0.25) is 0 Å². The van der Waals surface area contributed by atoms with Crippen molar-refractivity contribution in [3.63, 3.8) is 0 Å². The van der Waals surface area contributed by atoms with Crippen molar-refractivity contribution in [1.82, 2.24) is 0 Å². The minimum absolute atomic E-state index is 0.161. The van der Waals surface area contributed by atoms with Crippen molar-refractivity contribution in [2.45, 2.75) is 12.8 Å². The standard InChI is InChI=1S/C13H13BrCl4O2/c14-10-7-9(19-6-3-12(17)18)8-11(16)13(10)20-5-2-1-4-15/h3,7-8H,1-2,4-6H2. The Hall–Kier alpha value is 0.200. The predicted molar refractivity (Wildman–Crippen MR) is 89.9 cm³/mol. The molecular weight excluding hydrogens is 410 g/mol. The second kappa shape index (κ2) is 10.0. The SMILES string of the molecule is ClCCCCOc1c(Cl)cc(OCC=C(Cl)Cl)cc1Br. The summed E-state index contributed by atoms with van der Waals surface area (Å²) < 4.78 is 12.0. The van der Waals surface area contributed by atoms with E-state index in [0.29, 0.717) is 29.0 Å². The molecule has 1 aromatic rings. The molecule has 0 amide bonds. The first kappa shape index (κ1) is 18.2. The lowest BCUT2D eigenvalue weighted by Crippen LogP contribution is -2.00. The highest BCUT2D eigenvalue weighted by atomic mass is 79.9. The Bertz CT molecular complexity index is 439. The zero-order valence-corrected chi connectivity index (χ0v) is 15.1. The molecule has 0 aliphatic heterocycles. The van der Waals surface area contributed by atoms with Gasteiger partial charge in [0.25, 0.3) is 0 Å². The summed E-state index contributed by atoms with van der Waals surface area (Å²) in [6.45, 7) is 0.830. The maximum atomic E-state index is 6.16. The van der Waals surface area contributed by atoms with Crippen molar-refractivity contribution in [3.8, 4) is 11.5 Å². The van der Waals surface area contributed by atoms with Gasteiger partial charge in [-0.1, -0.05) is 34.8 Å². The normalized spacial score (nSPS) is 10.2. The quantitative estimate of drug-likeness (QED) is 0.367. The number of halogens is 5. The summed E-state index contributed by atoms with van der Waals surface area (Å²) in [5.74, 6) is 1.82. The summed E-state index contributed by atoms with van der Waals surface area (Å²) >= 11 is 26.2. The molecule has 0 aromatic heterocycles. The highest BCUT2D eigenvalue weighted by Crippen LogP contribution is 2.37. The van der Waals surface area contributed by atoms with Gasteiger partial charge in [0.15, 0.2) is 5.75 Å². The molecule has 1 rings (SSSR count). The number of unbranched alkanes of at least 4 members (excludes halogenated alkanes) is 1. The van der Waals surface area contributed by atoms with Gasteiger partial charge < -0.3 is 9.47 Å². The van der Waals surface area contributed by atoms with Crippen LogP contribution in [0.15, 0.2) is 27.2 Å². The van der Waals surface area contributed by atoms with Gasteiger partial charge in [0.1, 0.15) is 16.8 Å². The Morgan fingerprint density at radius 3 is 2.55 bits per heavy atom. The number of ether oxygens (including phenoxy) is 2. The minimum atomic E-state index is 0.161. The number of alkyl halides is 1. The van der Waals surface area contributed by atoms with Gasteiger partial charge in [-0.2, -0.15) is 0 Å². The van der Waals surface area contributed by atoms with Crippen LogP contribution >= 0.6 is 62.3 Å². The maximum absolute atomic E-state index is 6.16. The van der Waals surface area contributed by atoms with Gasteiger partial charge in [-0.25, -0.2) is 0 Å². The van der Waals surface area contributed by atoms with E-state index in [1.165, 1.54) is 0 Å². The van der Waals surface area contributed by atoms with Gasteiger partial charge >= 0.3 is 0 Å². The van der Waals surface area contributed by atoms with Gasteiger partial charge in [-0.15, -0.1) is 11.6 Å².